The molecule has 1 aromatic rings. The van der Waals surface area contributed by atoms with Gasteiger partial charge in [0.25, 0.3) is 0 Å². The molecule has 0 saturated heterocycles. The summed E-state index contributed by atoms with van der Waals surface area (Å²) in [5.74, 6) is -1.21. The molecular weight excluding hydrogens is 314 g/mol. The van der Waals surface area contributed by atoms with Crippen LogP contribution in [0.3, 0.4) is 0 Å². The SMILES string of the molecule is C=CCN(C(C)(C)C)S(=O)(=O)c1cc(C(=O)O)ccc1Cl. The maximum Gasteiger partial charge on any atom is 0.335 e. The second kappa shape index (κ2) is 6.17. The molecule has 0 aliphatic carbocycles. The lowest BCUT2D eigenvalue weighted by atomic mass is 10.1. The van der Waals surface area contributed by atoms with E-state index in [2.05, 4.69) is 6.58 Å². The molecule has 0 amide bonds. The summed E-state index contributed by atoms with van der Waals surface area (Å²) >= 11 is 5.96. The van der Waals surface area contributed by atoms with Crippen molar-refractivity contribution in [3.8, 4) is 0 Å². The molecule has 116 valence electrons. The summed E-state index contributed by atoms with van der Waals surface area (Å²) in [6.07, 6.45) is 1.47. The maximum atomic E-state index is 12.8. The van der Waals surface area contributed by atoms with E-state index in [0.29, 0.717) is 0 Å². The molecule has 0 heterocycles. The van der Waals surface area contributed by atoms with Gasteiger partial charge >= 0.3 is 5.97 Å². The van der Waals surface area contributed by atoms with Crippen molar-refractivity contribution in [2.75, 3.05) is 6.54 Å². The zero-order valence-electron chi connectivity index (χ0n) is 12.1. The number of benzene rings is 1. The minimum Gasteiger partial charge on any atom is -0.478 e. The van der Waals surface area contributed by atoms with Gasteiger partial charge in [-0.3, -0.25) is 0 Å². The number of hydrogen-bond acceptors (Lipinski definition) is 3. The second-order valence-corrected chi connectivity index (χ2v) is 7.68. The highest BCUT2D eigenvalue weighted by molar-refractivity contribution is 7.89. The fourth-order valence-electron chi connectivity index (χ4n) is 1.80. The zero-order valence-corrected chi connectivity index (χ0v) is 13.7. The number of sulfonamides is 1. The zero-order chi connectivity index (χ0) is 16.4. The molecule has 0 saturated carbocycles. The summed E-state index contributed by atoms with van der Waals surface area (Å²) in [6, 6.07) is 3.60. The Morgan fingerprint density at radius 3 is 2.43 bits per heavy atom. The maximum absolute atomic E-state index is 12.8. The molecule has 5 nitrogen and oxygen atoms in total. The molecule has 0 aromatic heterocycles. The van der Waals surface area contributed by atoms with E-state index < -0.39 is 21.5 Å². The highest BCUT2D eigenvalue weighted by Gasteiger charge is 2.34. The van der Waals surface area contributed by atoms with Crippen molar-refractivity contribution < 1.29 is 18.3 Å². The summed E-state index contributed by atoms with van der Waals surface area (Å²) in [5, 5.41) is 8.98. The molecule has 21 heavy (non-hydrogen) atoms. The smallest absolute Gasteiger partial charge is 0.335 e. The van der Waals surface area contributed by atoms with Crippen LogP contribution in [-0.4, -0.2) is 35.9 Å². The van der Waals surface area contributed by atoms with E-state index in [0.717, 1.165) is 6.07 Å². The Hall–Kier alpha value is -1.37. The average molecular weight is 332 g/mol. The predicted octanol–water partition coefficient (Wildman–Crippen LogP) is 3.01. The highest BCUT2D eigenvalue weighted by Crippen LogP contribution is 2.30. The molecule has 1 rings (SSSR count). The van der Waals surface area contributed by atoms with E-state index in [-0.39, 0.29) is 22.0 Å². The van der Waals surface area contributed by atoms with Crippen LogP contribution in [0.2, 0.25) is 5.02 Å². The van der Waals surface area contributed by atoms with E-state index in [1.165, 1.54) is 22.5 Å². The lowest BCUT2D eigenvalue weighted by Crippen LogP contribution is -2.45. The van der Waals surface area contributed by atoms with E-state index >= 15 is 0 Å². The van der Waals surface area contributed by atoms with Gasteiger partial charge in [0.15, 0.2) is 0 Å². The van der Waals surface area contributed by atoms with Crippen LogP contribution in [-0.2, 0) is 10.0 Å². The van der Waals surface area contributed by atoms with Crippen LogP contribution in [0.5, 0.6) is 0 Å². The van der Waals surface area contributed by atoms with Crippen molar-refractivity contribution in [1.82, 2.24) is 4.31 Å². The van der Waals surface area contributed by atoms with E-state index in [9.17, 15) is 13.2 Å². The highest BCUT2D eigenvalue weighted by atomic mass is 35.5. The van der Waals surface area contributed by atoms with Gasteiger partial charge in [-0.1, -0.05) is 17.7 Å². The number of carboxylic acids is 1. The van der Waals surface area contributed by atoms with Gasteiger partial charge in [-0.2, -0.15) is 4.31 Å². The van der Waals surface area contributed by atoms with Crippen molar-refractivity contribution in [1.29, 1.82) is 0 Å². The molecule has 0 radical (unpaired) electrons. The monoisotopic (exact) mass is 331 g/mol. The molecule has 0 aliphatic heterocycles. The van der Waals surface area contributed by atoms with E-state index in [1.54, 1.807) is 20.8 Å². The number of rotatable bonds is 5. The number of hydrogen-bond donors (Lipinski definition) is 1. The van der Waals surface area contributed by atoms with Gasteiger partial charge in [-0.05, 0) is 39.0 Å². The van der Waals surface area contributed by atoms with Crippen molar-refractivity contribution in [2.45, 2.75) is 31.2 Å². The topological polar surface area (TPSA) is 74.7 Å². The quantitative estimate of drug-likeness (QED) is 0.841. The summed E-state index contributed by atoms with van der Waals surface area (Å²) in [6.45, 7) is 8.87. The Balaban J connectivity index is 3.51. The largest absolute Gasteiger partial charge is 0.478 e. The third-order valence-corrected chi connectivity index (χ3v) is 5.40. The van der Waals surface area contributed by atoms with Gasteiger partial charge in [0.1, 0.15) is 4.90 Å². The molecule has 1 aromatic carbocycles. The van der Waals surface area contributed by atoms with Crippen LogP contribution < -0.4 is 0 Å². The number of carboxylic acid groups (broad SMARTS) is 1. The van der Waals surface area contributed by atoms with Crippen LogP contribution in [0, 0.1) is 0 Å². The molecule has 1 N–H and O–H groups in total. The van der Waals surface area contributed by atoms with E-state index in [4.69, 9.17) is 16.7 Å². The Bertz CT molecular complexity index is 662. The van der Waals surface area contributed by atoms with Gasteiger partial charge in [0.05, 0.1) is 10.6 Å². The second-order valence-electron chi connectivity index (χ2n) is 5.45. The molecule has 0 aliphatic rings. The molecule has 7 heteroatoms. The standard InChI is InChI=1S/C14H18ClNO4S/c1-5-8-16(14(2,3)4)21(19,20)12-9-10(13(17)18)6-7-11(12)15/h5-7,9H,1,8H2,2-4H3,(H,17,18). The lowest BCUT2D eigenvalue weighted by molar-refractivity contribution is 0.0696. The van der Waals surface area contributed by atoms with Gasteiger partial charge < -0.3 is 5.11 Å². The summed E-state index contributed by atoms with van der Waals surface area (Å²) < 4.78 is 26.8. The van der Waals surface area contributed by atoms with Crippen molar-refractivity contribution in [3.63, 3.8) is 0 Å². The molecule has 0 unspecified atom stereocenters. The fourth-order valence-corrected chi connectivity index (χ4v) is 4.06. The van der Waals surface area contributed by atoms with Crippen LogP contribution in [0.4, 0.5) is 0 Å². The number of carbonyl (C=O) groups is 1. The minimum absolute atomic E-state index is 0.0155. The Morgan fingerprint density at radius 1 is 1.43 bits per heavy atom. The minimum atomic E-state index is -3.94. The van der Waals surface area contributed by atoms with Crippen LogP contribution >= 0.6 is 11.6 Å². The van der Waals surface area contributed by atoms with Crippen molar-refractivity contribution in [3.05, 3.63) is 41.4 Å². The van der Waals surface area contributed by atoms with Gasteiger partial charge in [-0.15, -0.1) is 6.58 Å². The molecule has 0 fully saturated rings. The third-order valence-electron chi connectivity index (χ3n) is 2.79. The first kappa shape index (κ1) is 17.7. The van der Waals surface area contributed by atoms with Crippen LogP contribution in [0.1, 0.15) is 31.1 Å². The first-order valence-electron chi connectivity index (χ1n) is 6.18. The lowest BCUT2D eigenvalue weighted by Gasteiger charge is -2.33. The average Bonchev–Trinajstić information content (AvgIpc) is 2.34. The number of aromatic carboxylic acids is 1. The molecule has 0 atom stereocenters. The Kier molecular flexibility index (Phi) is 5.20. The third kappa shape index (κ3) is 3.84. The summed E-state index contributed by atoms with van der Waals surface area (Å²) in [5.41, 5.74) is -0.833. The summed E-state index contributed by atoms with van der Waals surface area (Å²) in [4.78, 5) is 10.8. The van der Waals surface area contributed by atoms with Crippen LogP contribution in [0.15, 0.2) is 35.7 Å². The van der Waals surface area contributed by atoms with Gasteiger partial charge in [-0.25, -0.2) is 13.2 Å². The predicted molar refractivity (Wildman–Crippen MR) is 82.3 cm³/mol. The molecule has 0 spiro atoms. The van der Waals surface area contributed by atoms with Crippen molar-refractivity contribution >= 4 is 27.6 Å². The van der Waals surface area contributed by atoms with E-state index in [1.807, 2.05) is 0 Å². The van der Waals surface area contributed by atoms with Gasteiger partial charge in [0.2, 0.25) is 10.0 Å². The van der Waals surface area contributed by atoms with Gasteiger partial charge in [0, 0.05) is 12.1 Å². The Labute approximate surface area is 129 Å². The molecule has 0 bridgehead atoms. The van der Waals surface area contributed by atoms with Crippen molar-refractivity contribution in [2.24, 2.45) is 0 Å². The fraction of sp³-hybridized carbons (Fsp3) is 0.357. The summed E-state index contributed by atoms with van der Waals surface area (Å²) in [7, 11) is -3.94. The molecular formula is C14H18ClNO4S. The number of halogens is 1. The Morgan fingerprint density at radius 2 is 2.00 bits per heavy atom. The normalized spacial score (nSPS) is 12.4. The van der Waals surface area contributed by atoms with Crippen LogP contribution in [0.25, 0.3) is 0 Å². The number of nitrogens with zero attached hydrogens (tertiary/aromatic N) is 1. The first-order chi connectivity index (χ1) is 9.51. The first-order valence-corrected chi connectivity index (χ1v) is 8.00.